The SMILES string of the molecule is CCOC(=O)CCCNC(=O)CSc1cc(C)c2ccccc2n1. The molecule has 0 aliphatic rings. The molecule has 0 bridgehead atoms. The van der Waals surface area contributed by atoms with Crippen LogP contribution in [0.15, 0.2) is 35.4 Å². The second-order valence-corrected chi connectivity index (χ2v) is 6.34. The molecule has 0 aliphatic heterocycles. The summed E-state index contributed by atoms with van der Waals surface area (Å²) in [4.78, 5) is 27.6. The van der Waals surface area contributed by atoms with Gasteiger partial charge in [0.2, 0.25) is 5.91 Å². The number of carbonyl (C=O) groups excluding carboxylic acids is 2. The highest BCUT2D eigenvalue weighted by molar-refractivity contribution is 7.99. The fourth-order valence-corrected chi connectivity index (χ4v) is 3.08. The van der Waals surface area contributed by atoms with Crippen LogP contribution in [0.25, 0.3) is 10.9 Å². The fraction of sp³-hybridized carbons (Fsp3) is 0.389. The van der Waals surface area contributed by atoms with Gasteiger partial charge in [-0.2, -0.15) is 0 Å². The van der Waals surface area contributed by atoms with Gasteiger partial charge in [-0.3, -0.25) is 9.59 Å². The van der Waals surface area contributed by atoms with Crippen molar-refractivity contribution in [2.45, 2.75) is 31.7 Å². The highest BCUT2D eigenvalue weighted by atomic mass is 32.2. The summed E-state index contributed by atoms with van der Waals surface area (Å²) in [5, 5.41) is 4.78. The van der Waals surface area contributed by atoms with Gasteiger partial charge in [0.1, 0.15) is 0 Å². The molecule has 1 amide bonds. The Kier molecular flexibility index (Phi) is 7.06. The van der Waals surface area contributed by atoms with Crippen LogP contribution in [0.1, 0.15) is 25.3 Å². The van der Waals surface area contributed by atoms with Crippen LogP contribution in [0.4, 0.5) is 0 Å². The molecule has 1 aromatic heterocycles. The number of ether oxygens (including phenoxy) is 1. The van der Waals surface area contributed by atoms with Crippen molar-refractivity contribution >= 4 is 34.5 Å². The fourth-order valence-electron chi connectivity index (χ4n) is 2.28. The molecule has 24 heavy (non-hydrogen) atoms. The lowest BCUT2D eigenvalue weighted by atomic mass is 10.1. The molecular formula is C18H22N2O3S. The van der Waals surface area contributed by atoms with Crippen LogP contribution in [0.3, 0.4) is 0 Å². The summed E-state index contributed by atoms with van der Waals surface area (Å²) in [5.74, 6) is 0.0259. The molecule has 0 spiro atoms. The van der Waals surface area contributed by atoms with Crippen molar-refractivity contribution in [1.82, 2.24) is 10.3 Å². The molecule has 0 radical (unpaired) electrons. The largest absolute Gasteiger partial charge is 0.466 e. The number of aryl methyl sites for hydroxylation is 1. The first-order valence-electron chi connectivity index (χ1n) is 8.01. The summed E-state index contributed by atoms with van der Waals surface area (Å²) in [7, 11) is 0. The number of carbonyl (C=O) groups is 2. The Hall–Kier alpha value is -2.08. The van der Waals surface area contributed by atoms with Gasteiger partial charge in [-0.15, -0.1) is 0 Å². The summed E-state index contributed by atoms with van der Waals surface area (Å²) < 4.78 is 4.84. The topological polar surface area (TPSA) is 68.3 Å². The van der Waals surface area contributed by atoms with E-state index in [0.717, 1.165) is 21.5 Å². The van der Waals surface area contributed by atoms with E-state index in [4.69, 9.17) is 4.74 Å². The summed E-state index contributed by atoms with van der Waals surface area (Å²) >= 11 is 1.42. The van der Waals surface area contributed by atoms with E-state index in [1.165, 1.54) is 11.8 Å². The van der Waals surface area contributed by atoms with E-state index < -0.39 is 0 Å². The van der Waals surface area contributed by atoms with Crippen LogP contribution < -0.4 is 5.32 Å². The zero-order valence-corrected chi connectivity index (χ0v) is 14.8. The van der Waals surface area contributed by atoms with Crippen LogP contribution in [0.2, 0.25) is 0 Å². The molecular weight excluding hydrogens is 324 g/mol. The molecule has 0 saturated heterocycles. The van der Waals surface area contributed by atoms with Crippen molar-refractivity contribution in [3.8, 4) is 0 Å². The predicted molar refractivity (Wildman–Crippen MR) is 96.1 cm³/mol. The number of aromatic nitrogens is 1. The van der Waals surface area contributed by atoms with Crippen LogP contribution in [0.5, 0.6) is 0 Å². The van der Waals surface area contributed by atoms with Gasteiger partial charge in [0, 0.05) is 18.4 Å². The van der Waals surface area contributed by atoms with E-state index in [-0.39, 0.29) is 11.9 Å². The average molecular weight is 346 g/mol. The maximum Gasteiger partial charge on any atom is 0.305 e. The van der Waals surface area contributed by atoms with Crippen molar-refractivity contribution in [1.29, 1.82) is 0 Å². The minimum absolute atomic E-state index is 0.0588. The quantitative estimate of drug-likeness (QED) is 0.452. The van der Waals surface area contributed by atoms with Crippen molar-refractivity contribution in [2.75, 3.05) is 18.9 Å². The number of nitrogens with one attached hydrogen (secondary N) is 1. The highest BCUT2D eigenvalue weighted by Crippen LogP contribution is 2.23. The summed E-state index contributed by atoms with van der Waals surface area (Å²) in [6.07, 6.45) is 0.912. The first-order chi connectivity index (χ1) is 11.6. The van der Waals surface area contributed by atoms with Gasteiger partial charge >= 0.3 is 5.97 Å². The van der Waals surface area contributed by atoms with E-state index in [2.05, 4.69) is 10.3 Å². The average Bonchev–Trinajstić information content (AvgIpc) is 2.57. The molecule has 0 atom stereocenters. The minimum atomic E-state index is -0.225. The second-order valence-electron chi connectivity index (χ2n) is 5.34. The molecule has 1 heterocycles. The number of hydrogen-bond acceptors (Lipinski definition) is 5. The van der Waals surface area contributed by atoms with E-state index >= 15 is 0 Å². The molecule has 0 saturated carbocycles. The Labute approximate surface area is 146 Å². The van der Waals surface area contributed by atoms with Crippen molar-refractivity contribution in [3.05, 3.63) is 35.9 Å². The monoisotopic (exact) mass is 346 g/mol. The lowest BCUT2D eigenvalue weighted by Gasteiger charge is -2.07. The summed E-state index contributed by atoms with van der Waals surface area (Å²) in [5.41, 5.74) is 2.09. The maximum absolute atomic E-state index is 11.9. The normalized spacial score (nSPS) is 10.6. The first kappa shape index (κ1) is 18.3. The second kappa shape index (κ2) is 9.27. The molecule has 0 unspecified atom stereocenters. The smallest absolute Gasteiger partial charge is 0.305 e. The Balaban J connectivity index is 1.77. The highest BCUT2D eigenvalue weighted by Gasteiger charge is 2.07. The molecule has 128 valence electrons. The van der Waals surface area contributed by atoms with Crippen LogP contribution in [0, 0.1) is 6.92 Å². The number of pyridine rings is 1. The standard InChI is InChI=1S/C18H22N2O3S/c1-3-23-18(22)9-6-10-19-16(21)12-24-17-11-13(2)14-7-4-5-8-15(14)20-17/h4-5,7-8,11H,3,6,9-10,12H2,1-2H3,(H,19,21). The zero-order chi connectivity index (χ0) is 17.4. The van der Waals surface area contributed by atoms with Gasteiger partial charge in [-0.1, -0.05) is 30.0 Å². The lowest BCUT2D eigenvalue weighted by Crippen LogP contribution is -2.26. The van der Waals surface area contributed by atoms with Gasteiger partial charge in [-0.05, 0) is 38.0 Å². The van der Waals surface area contributed by atoms with Gasteiger partial charge < -0.3 is 10.1 Å². The van der Waals surface area contributed by atoms with Crippen LogP contribution >= 0.6 is 11.8 Å². The van der Waals surface area contributed by atoms with Gasteiger partial charge in [0.15, 0.2) is 0 Å². The molecule has 2 aromatic rings. The van der Waals surface area contributed by atoms with Crippen LogP contribution in [-0.4, -0.2) is 35.8 Å². The number of benzene rings is 1. The van der Waals surface area contributed by atoms with Crippen LogP contribution in [-0.2, 0) is 14.3 Å². The van der Waals surface area contributed by atoms with E-state index in [9.17, 15) is 9.59 Å². The molecule has 0 aliphatic carbocycles. The maximum atomic E-state index is 11.9. The summed E-state index contributed by atoms with van der Waals surface area (Å²) in [6, 6.07) is 9.97. The lowest BCUT2D eigenvalue weighted by molar-refractivity contribution is -0.143. The molecule has 5 nitrogen and oxygen atoms in total. The molecule has 1 N–H and O–H groups in total. The zero-order valence-electron chi connectivity index (χ0n) is 14.0. The number of hydrogen-bond donors (Lipinski definition) is 1. The summed E-state index contributed by atoms with van der Waals surface area (Å²) in [6.45, 7) is 4.69. The Bertz CT molecular complexity index is 718. The number of thioether (sulfide) groups is 1. The number of nitrogens with zero attached hydrogens (tertiary/aromatic N) is 1. The number of esters is 1. The van der Waals surface area contributed by atoms with Crippen molar-refractivity contribution in [3.63, 3.8) is 0 Å². The molecule has 6 heteroatoms. The Morgan fingerprint density at radius 1 is 1.29 bits per heavy atom. The molecule has 0 fully saturated rings. The van der Waals surface area contributed by atoms with Gasteiger partial charge in [0.25, 0.3) is 0 Å². The third-order valence-electron chi connectivity index (χ3n) is 3.44. The Morgan fingerprint density at radius 3 is 2.88 bits per heavy atom. The van der Waals surface area contributed by atoms with E-state index in [0.29, 0.717) is 31.7 Å². The van der Waals surface area contributed by atoms with E-state index in [1.54, 1.807) is 6.92 Å². The number of rotatable bonds is 8. The molecule has 2 rings (SSSR count). The number of fused-ring (bicyclic) bond motifs is 1. The van der Waals surface area contributed by atoms with Gasteiger partial charge in [0.05, 0.1) is 22.9 Å². The minimum Gasteiger partial charge on any atom is -0.466 e. The van der Waals surface area contributed by atoms with E-state index in [1.807, 2.05) is 37.3 Å². The van der Waals surface area contributed by atoms with Crippen molar-refractivity contribution in [2.24, 2.45) is 0 Å². The first-order valence-corrected chi connectivity index (χ1v) is 9.00. The predicted octanol–water partition coefficient (Wildman–Crippen LogP) is 3.09. The number of para-hydroxylation sites is 1. The number of amides is 1. The third kappa shape index (κ3) is 5.53. The molecule has 1 aromatic carbocycles. The third-order valence-corrected chi connectivity index (χ3v) is 4.35. The Morgan fingerprint density at radius 2 is 2.08 bits per heavy atom. The van der Waals surface area contributed by atoms with Gasteiger partial charge in [-0.25, -0.2) is 4.98 Å². The van der Waals surface area contributed by atoms with Crippen molar-refractivity contribution < 1.29 is 14.3 Å².